The van der Waals surface area contributed by atoms with E-state index in [1.807, 2.05) is 4.90 Å². The maximum Gasteiger partial charge on any atom is 0.247 e. The third-order valence-corrected chi connectivity index (χ3v) is 9.22. The molecular formula is C22H28FN3O5S2. The topological polar surface area (TPSA) is 104 Å². The standard InChI is InChI=1S/C22H28FN3O5S2/c1-15-12-18(26-21(27)22(2,3)14-32(26,28)29)10-11-20(15)33(30,31)24-13-19(25(4)5)16-6-8-17(23)9-7-16/h6-12,19,24H,13-14H2,1-5H3. The fraction of sp³-hybridized carbons (Fsp3) is 0.409. The Labute approximate surface area is 194 Å². The van der Waals surface area contributed by atoms with Gasteiger partial charge in [-0.3, -0.25) is 4.79 Å². The Morgan fingerprint density at radius 1 is 1.15 bits per heavy atom. The number of nitrogens with one attached hydrogen (secondary N) is 1. The Balaban J connectivity index is 1.86. The van der Waals surface area contributed by atoms with Crippen molar-refractivity contribution >= 4 is 31.6 Å². The van der Waals surface area contributed by atoms with Crippen molar-refractivity contribution < 1.29 is 26.0 Å². The monoisotopic (exact) mass is 497 g/mol. The smallest absolute Gasteiger partial charge is 0.247 e. The third-order valence-electron chi connectivity index (χ3n) is 5.61. The first kappa shape index (κ1) is 25.3. The van der Waals surface area contributed by atoms with Crippen LogP contribution in [0.5, 0.6) is 0 Å². The van der Waals surface area contributed by atoms with Gasteiger partial charge in [0.05, 0.1) is 21.8 Å². The normalized spacial score (nSPS) is 18.6. The number of carbonyl (C=O) groups excluding carboxylic acids is 1. The van der Waals surface area contributed by atoms with E-state index >= 15 is 0 Å². The summed E-state index contributed by atoms with van der Waals surface area (Å²) >= 11 is 0. The molecule has 8 nitrogen and oxygen atoms in total. The zero-order chi connectivity index (χ0) is 24.8. The number of halogens is 1. The second-order valence-corrected chi connectivity index (χ2v) is 12.6. The fourth-order valence-electron chi connectivity index (χ4n) is 3.87. The Hall–Kier alpha value is -2.34. The number of sulfonamides is 2. The van der Waals surface area contributed by atoms with Gasteiger partial charge in [0, 0.05) is 12.6 Å². The van der Waals surface area contributed by atoms with E-state index in [9.17, 15) is 26.0 Å². The van der Waals surface area contributed by atoms with E-state index < -0.39 is 31.4 Å². The lowest BCUT2D eigenvalue weighted by molar-refractivity contribution is -0.123. The van der Waals surface area contributed by atoms with E-state index in [4.69, 9.17) is 0 Å². The van der Waals surface area contributed by atoms with Crippen molar-refractivity contribution in [3.8, 4) is 0 Å². The van der Waals surface area contributed by atoms with Crippen molar-refractivity contribution in [2.75, 3.05) is 30.7 Å². The molecule has 3 rings (SSSR count). The maximum atomic E-state index is 13.3. The highest BCUT2D eigenvalue weighted by Gasteiger charge is 2.50. The average Bonchev–Trinajstić information content (AvgIpc) is 2.85. The summed E-state index contributed by atoms with van der Waals surface area (Å²) in [5, 5.41) is 0. The first-order chi connectivity index (χ1) is 15.2. The van der Waals surface area contributed by atoms with Gasteiger partial charge in [-0.25, -0.2) is 30.3 Å². The van der Waals surface area contributed by atoms with Gasteiger partial charge in [0.15, 0.2) is 0 Å². The predicted molar refractivity (Wildman–Crippen MR) is 124 cm³/mol. The van der Waals surface area contributed by atoms with Gasteiger partial charge in [0.1, 0.15) is 5.82 Å². The molecule has 0 aromatic heterocycles. The van der Waals surface area contributed by atoms with E-state index in [0.29, 0.717) is 5.56 Å². The number of hydrogen-bond donors (Lipinski definition) is 1. The van der Waals surface area contributed by atoms with Crippen LogP contribution in [0.2, 0.25) is 0 Å². The molecule has 11 heteroatoms. The van der Waals surface area contributed by atoms with E-state index in [2.05, 4.69) is 4.72 Å². The van der Waals surface area contributed by atoms with Crippen LogP contribution in [0.4, 0.5) is 10.1 Å². The van der Waals surface area contributed by atoms with Crippen molar-refractivity contribution in [2.45, 2.75) is 31.7 Å². The minimum Gasteiger partial charge on any atom is -0.301 e. The molecule has 0 radical (unpaired) electrons. The van der Waals surface area contributed by atoms with Gasteiger partial charge in [-0.1, -0.05) is 12.1 Å². The largest absolute Gasteiger partial charge is 0.301 e. The van der Waals surface area contributed by atoms with Gasteiger partial charge in [0.2, 0.25) is 26.0 Å². The van der Waals surface area contributed by atoms with E-state index in [0.717, 1.165) is 9.87 Å². The lowest BCUT2D eigenvalue weighted by Crippen LogP contribution is -2.35. The molecule has 2 aromatic rings. The first-order valence-electron chi connectivity index (χ1n) is 10.3. The molecule has 1 saturated heterocycles. The summed E-state index contributed by atoms with van der Waals surface area (Å²) in [7, 11) is -4.21. The molecule has 1 fully saturated rings. The van der Waals surface area contributed by atoms with Crippen LogP contribution in [-0.2, 0) is 24.8 Å². The maximum absolute atomic E-state index is 13.3. The first-order valence-corrected chi connectivity index (χ1v) is 13.3. The second-order valence-electron chi connectivity index (χ2n) is 9.04. The Morgan fingerprint density at radius 3 is 2.24 bits per heavy atom. The number of benzene rings is 2. The number of anilines is 1. The van der Waals surface area contributed by atoms with E-state index in [1.54, 1.807) is 47.0 Å². The van der Waals surface area contributed by atoms with Crippen LogP contribution in [0, 0.1) is 18.2 Å². The number of rotatable bonds is 7. The average molecular weight is 498 g/mol. The van der Waals surface area contributed by atoms with Crippen LogP contribution in [0.25, 0.3) is 0 Å². The van der Waals surface area contributed by atoms with Gasteiger partial charge < -0.3 is 4.90 Å². The fourth-order valence-corrected chi connectivity index (χ4v) is 7.23. The molecule has 1 N–H and O–H groups in total. The highest BCUT2D eigenvalue weighted by molar-refractivity contribution is 7.94. The number of hydrogen-bond acceptors (Lipinski definition) is 6. The van der Waals surface area contributed by atoms with Crippen LogP contribution < -0.4 is 9.03 Å². The highest BCUT2D eigenvalue weighted by atomic mass is 32.2. The molecule has 1 unspecified atom stereocenters. The summed E-state index contributed by atoms with van der Waals surface area (Å²) in [6, 6.07) is 9.50. The van der Waals surface area contributed by atoms with Crippen molar-refractivity contribution in [1.82, 2.24) is 9.62 Å². The number of nitrogens with zero attached hydrogens (tertiary/aromatic N) is 2. The number of carbonyl (C=O) groups is 1. The van der Waals surface area contributed by atoms with Gasteiger partial charge in [-0.15, -0.1) is 0 Å². The van der Waals surface area contributed by atoms with Crippen LogP contribution >= 0.6 is 0 Å². The zero-order valence-electron chi connectivity index (χ0n) is 19.2. The van der Waals surface area contributed by atoms with Crippen LogP contribution in [-0.4, -0.2) is 54.0 Å². The lowest BCUT2D eigenvalue weighted by Gasteiger charge is -2.25. The molecule has 2 aromatic carbocycles. The predicted octanol–water partition coefficient (Wildman–Crippen LogP) is 2.42. The summed E-state index contributed by atoms with van der Waals surface area (Å²) < 4.78 is 67.6. The van der Waals surface area contributed by atoms with Crippen LogP contribution in [0.15, 0.2) is 47.4 Å². The molecule has 1 heterocycles. The van der Waals surface area contributed by atoms with Crippen molar-refractivity contribution in [3.05, 3.63) is 59.4 Å². The minimum absolute atomic E-state index is 0.0221. The minimum atomic E-state index is -3.94. The summed E-state index contributed by atoms with van der Waals surface area (Å²) in [5.41, 5.74) is 0.104. The summed E-state index contributed by atoms with van der Waals surface area (Å²) in [6.45, 7) is 4.70. The Morgan fingerprint density at radius 2 is 1.76 bits per heavy atom. The number of amides is 1. The molecule has 180 valence electrons. The molecule has 1 aliphatic heterocycles. The molecule has 1 aliphatic rings. The van der Waals surface area contributed by atoms with Crippen molar-refractivity contribution in [1.29, 1.82) is 0 Å². The summed E-state index contributed by atoms with van der Waals surface area (Å²) in [4.78, 5) is 14.4. The molecule has 0 spiro atoms. The quantitative estimate of drug-likeness (QED) is 0.630. The van der Waals surface area contributed by atoms with Crippen molar-refractivity contribution in [3.63, 3.8) is 0 Å². The van der Waals surface area contributed by atoms with Gasteiger partial charge in [0.25, 0.3) is 0 Å². The number of aryl methyl sites for hydroxylation is 1. The second kappa shape index (κ2) is 8.79. The molecular weight excluding hydrogens is 469 g/mol. The highest BCUT2D eigenvalue weighted by Crippen LogP contribution is 2.36. The SMILES string of the molecule is Cc1cc(N2C(=O)C(C)(C)CS2(=O)=O)ccc1S(=O)(=O)NCC(c1ccc(F)cc1)N(C)C. The molecule has 0 saturated carbocycles. The molecule has 33 heavy (non-hydrogen) atoms. The molecule has 0 aliphatic carbocycles. The molecule has 1 amide bonds. The number of likely N-dealkylation sites (N-methyl/N-ethyl adjacent to an activating group) is 1. The summed E-state index contributed by atoms with van der Waals surface area (Å²) in [5.74, 6) is -1.24. The lowest BCUT2D eigenvalue weighted by atomic mass is 9.95. The van der Waals surface area contributed by atoms with Gasteiger partial charge in [-0.2, -0.15) is 0 Å². The Bertz CT molecular complexity index is 1270. The van der Waals surface area contributed by atoms with Crippen LogP contribution in [0.1, 0.15) is 31.0 Å². The van der Waals surface area contributed by atoms with E-state index in [-0.39, 0.29) is 34.7 Å². The molecule has 1 atom stereocenters. The van der Waals surface area contributed by atoms with E-state index in [1.165, 1.54) is 30.3 Å². The van der Waals surface area contributed by atoms with Crippen LogP contribution in [0.3, 0.4) is 0 Å². The van der Waals surface area contributed by atoms with Gasteiger partial charge in [-0.05, 0) is 76.3 Å². The zero-order valence-corrected chi connectivity index (χ0v) is 20.8. The van der Waals surface area contributed by atoms with Crippen molar-refractivity contribution in [2.24, 2.45) is 5.41 Å². The molecule has 0 bridgehead atoms. The van der Waals surface area contributed by atoms with Gasteiger partial charge >= 0.3 is 0 Å². The third kappa shape index (κ3) is 5.11. The Kier molecular flexibility index (Phi) is 6.73. The summed E-state index contributed by atoms with van der Waals surface area (Å²) in [6.07, 6.45) is 0.